The molecular weight excluding hydrogens is 518 g/mol. The summed E-state index contributed by atoms with van der Waals surface area (Å²) < 4.78 is 7.26. The third-order valence-electron chi connectivity index (χ3n) is 7.96. The van der Waals surface area contributed by atoms with Gasteiger partial charge in [0.05, 0.1) is 28.7 Å². The van der Waals surface area contributed by atoms with Gasteiger partial charge in [-0.05, 0) is 62.1 Å². The molecule has 198 valence electrons. The highest BCUT2D eigenvalue weighted by Gasteiger charge is 2.48. The maximum atomic E-state index is 14.1. The first-order valence-electron chi connectivity index (χ1n) is 13.0. The third-order valence-corrected chi connectivity index (χ3v) is 9.74. The second-order valence-electron chi connectivity index (χ2n) is 10.5. The standard InChI is InChI=1S/C28H31N5O3S2/c1-15-10-19-14-33(27(35)23-25(38-17(3)31-23)18-6-5-7-20(12-18)36-4)22(21(19)11-15)13-29-26(34)24-16(2)30-28-32(24)8-9-37-28/h5-9,12,15,19,21-22H,10-11,13-14H2,1-4H3,(H,29,34)/t15?,19?,21-,22?/m0/s1. The molecule has 1 N–H and O–H groups in total. The molecule has 2 fully saturated rings. The average Bonchev–Trinajstić information content (AvgIpc) is 3.69. The first-order valence-corrected chi connectivity index (χ1v) is 14.7. The molecule has 2 amide bonds. The van der Waals surface area contributed by atoms with Gasteiger partial charge in [0.15, 0.2) is 4.96 Å². The molecule has 8 nitrogen and oxygen atoms in total. The summed E-state index contributed by atoms with van der Waals surface area (Å²) in [6, 6.07) is 7.68. The number of carbonyl (C=O) groups excluding carboxylic acids is 2. The van der Waals surface area contributed by atoms with Gasteiger partial charge < -0.3 is 15.0 Å². The van der Waals surface area contributed by atoms with Gasteiger partial charge >= 0.3 is 0 Å². The number of methoxy groups -OCH3 is 1. The van der Waals surface area contributed by atoms with Crippen LogP contribution in [0.15, 0.2) is 35.8 Å². The number of hydrogen-bond donors (Lipinski definition) is 1. The van der Waals surface area contributed by atoms with Crippen molar-refractivity contribution in [2.75, 3.05) is 20.2 Å². The Kier molecular flexibility index (Phi) is 6.47. The SMILES string of the molecule is COc1cccc(-c2sc(C)nc2C(=O)N2CC3CC(C)C[C@@H]3C2CNC(=O)c2c(C)nc3sccn23)c1. The van der Waals surface area contributed by atoms with Crippen LogP contribution < -0.4 is 10.1 Å². The molecule has 2 aliphatic rings. The monoisotopic (exact) mass is 549 g/mol. The van der Waals surface area contributed by atoms with Crippen molar-refractivity contribution in [1.82, 2.24) is 24.6 Å². The molecular formula is C28H31N5O3S2. The summed E-state index contributed by atoms with van der Waals surface area (Å²) in [6.07, 6.45) is 4.04. The lowest BCUT2D eigenvalue weighted by Gasteiger charge is -2.28. The van der Waals surface area contributed by atoms with Crippen LogP contribution in [0.4, 0.5) is 0 Å². The number of ether oxygens (including phenoxy) is 1. The number of rotatable bonds is 6. The summed E-state index contributed by atoms with van der Waals surface area (Å²) in [7, 11) is 1.64. The lowest BCUT2D eigenvalue weighted by atomic mass is 9.93. The van der Waals surface area contributed by atoms with E-state index in [4.69, 9.17) is 9.72 Å². The van der Waals surface area contributed by atoms with E-state index < -0.39 is 0 Å². The lowest BCUT2D eigenvalue weighted by molar-refractivity contribution is 0.0692. The third kappa shape index (κ3) is 4.29. The average molecular weight is 550 g/mol. The summed E-state index contributed by atoms with van der Waals surface area (Å²) >= 11 is 3.03. The second kappa shape index (κ2) is 9.81. The largest absolute Gasteiger partial charge is 0.497 e. The topological polar surface area (TPSA) is 88.8 Å². The van der Waals surface area contributed by atoms with Gasteiger partial charge in [-0.1, -0.05) is 19.1 Å². The molecule has 38 heavy (non-hydrogen) atoms. The molecule has 1 saturated heterocycles. The van der Waals surface area contributed by atoms with Crippen LogP contribution in [0.5, 0.6) is 5.75 Å². The Hall–Kier alpha value is -3.24. The fourth-order valence-corrected chi connectivity index (χ4v) is 8.02. The van der Waals surface area contributed by atoms with Gasteiger partial charge in [0, 0.05) is 24.7 Å². The Morgan fingerprint density at radius 2 is 2.05 bits per heavy atom. The fourth-order valence-electron chi connectivity index (χ4n) is 6.36. The van der Waals surface area contributed by atoms with Crippen LogP contribution in [0.2, 0.25) is 0 Å². The molecule has 3 unspecified atom stereocenters. The maximum Gasteiger partial charge on any atom is 0.274 e. The highest BCUT2D eigenvalue weighted by Crippen LogP contribution is 2.46. The smallest absolute Gasteiger partial charge is 0.274 e. The van der Waals surface area contributed by atoms with Crippen LogP contribution >= 0.6 is 22.7 Å². The van der Waals surface area contributed by atoms with Crippen LogP contribution in [0.25, 0.3) is 15.4 Å². The molecule has 3 aromatic heterocycles. The van der Waals surface area contributed by atoms with E-state index >= 15 is 0 Å². The van der Waals surface area contributed by atoms with Crippen molar-refractivity contribution >= 4 is 39.4 Å². The number of aryl methyl sites for hydroxylation is 2. The molecule has 1 aliphatic heterocycles. The molecule has 10 heteroatoms. The summed E-state index contributed by atoms with van der Waals surface area (Å²) in [5.74, 6) is 1.95. The van der Waals surface area contributed by atoms with Gasteiger partial charge in [-0.2, -0.15) is 0 Å². The Morgan fingerprint density at radius 3 is 2.87 bits per heavy atom. The highest BCUT2D eigenvalue weighted by molar-refractivity contribution is 7.15. The number of nitrogens with one attached hydrogen (secondary N) is 1. The van der Waals surface area contributed by atoms with Crippen molar-refractivity contribution in [3.05, 3.63) is 57.9 Å². The maximum absolute atomic E-state index is 14.1. The summed E-state index contributed by atoms with van der Waals surface area (Å²) in [5.41, 5.74) is 2.68. The van der Waals surface area contributed by atoms with Crippen molar-refractivity contribution in [3.63, 3.8) is 0 Å². The minimum atomic E-state index is -0.156. The lowest BCUT2D eigenvalue weighted by Crippen LogP contribution is -2.46. The highest BCUT2D eigenvalue weighted by atomic mass is 32.1. The van der Waals surface area contributed by atoms with Crippen LogP contribution in [0.1, 0.15) is 51.4 Å². The number of aromatic nitrogens is 3. The number of fused-ring (bicyclic) bond motifs is 2. The van der Waals surface area contributed by atoms with Crippen molar-refractivity contribution in [1.29, 1.82) is 0 Å². The molecule has 4 aromatic rings. The Labute approximate surface area is 229 Å². The number of hydrogen-bond acceptors (Lipinski definition) is 7. The van der Waals surface area contributed by atoms with Crippen LogP contribution in [-0.2, 0) is 0 Å². The van der Waals surface area contributed by atoms with E-state index in [1.54, 1.807) is 7.11 Å². The number of likely N-dealkylation sites (tertiary alicyclic amines) is 1. The van der Waals surface area contributed by atoms with E-state index in [2.05, 4.69) is 17.2 Å². The number of thiazole rings is 2. The van der Waals surface area contributed by atoms with Gasteiger partial charge in [0.1, 0.15) is 17.1 Å². The normalized spacial score (nSPS) is 22.7. The summed E-state index contributed by atoms with van der Waals surface area (Å²) in [4.78, 5) is 40.3. The number of carbonyl (C=O) groups is 2. The zero-order valence-electron chi connectivity index (χ0n) is 21.9. The number of imidazole rings is 1. The molecule has 4 heterocycles. The number of benzene rings is 1. The van der Waals surface area contributed by atoms with E-state index in [-0.39, 0.29) is 17.9 Å². The first kappa shape index (κ1) is 25.1. The summed E-state index contributed by atoms with van der Waals surface area (Å²) in [6.45, 7) is 7.19. The van der Waals surface area contributed by atoms with E-state index in [1.807, 2.05) is 59.0 Å². The van der Waals surface area contributed by atoms with Gasteiger partial charge in [-0.25, -0.2) is 9.97 Å². The van der Waals surface area contributed by atoms with Crippen molar-refractivity contribution in [3.8, 4) is 16.2 Å². The van der Waals surface area contributed by atoms with Crippen LogP contribution in [0.3, 0.4) is 0 Å². The van der Waals surface area contributed by atoms with E-state index in [9.17, 15) is 9.59 Å². The molecule has 0 spiro atoms. The Bertz CT molecular complexity index is 1520. The van der Waals surface area contributed by atoms with Gasteiger partial charge in [0.2, 0.25) is 0 Å². The van der Waals surface area contributed by atoms with E-state index in [0.29, 0.717) is 47.9 Å². The predicted octanol–water partition coefficient (Wildman–Crippen LogP) is 5.06. The number of nitrogens with zero attached hydrogens (tertiary/aromatic N) is 4. The fraction of sp³-hybridized carbons (Fsp3) is 0.429. The van der Waals surface area contributed by atoms with E-state index in [0.717, 1.165) is 39.0 Å². The minimum absolute atomic E-state index is 0.0609. The molecule has 1 aromatic carbocycles. The number of amides is 2. The van der Waals surface area contributed by atoms with Gasteiger partial charge in [-0.15, -0.1) is 22.7 Å². The zero-order chi connectivity index (χ0) is 26.6. The molecule has 1 aliphatic carbocycles. The Morgan fingerprint density at radius 1 is 1.21 bits per heavy atom. The predicted molar refractivity (Wildman–Crippen MR) is 149 cm³/mol. The van der Waals surface area contributed by atoms with Crippen LogP contribution in [-0.4, -0.2) is 57.3 Å². The van der Waals surface area contributed by atoms with Crippen molar-refractivity contribution in [2.24, 2.45) is 17.8 Å². The molecule has 0 radical (unpaired) electrons. The molecule has 4 atom stereocenters. The van der Waals surface area contributed by atoms with Crippen LogP contribution in [0, 0.1) is 31.6 Å². The Balaban J connectivity index is 1.28. The summed E-state index contributed by atoms with van der Waals surface area (Å²) in [5, 5.41) is 5.93. The molecule has 6 rings (SSSR count). The quantitative estimate of drug-likeness (QED) is 0.363. The molecule has 1 saturated carbocycles. The zero-order valence-corrected chi connectivity index (χ0v) is 23.6. The van der Waals surface area contributed by atoms with Crippen molar-refractivity contribution < 1.29 is 14.3 Å². The van der Waals surface area contributed by atoms with Gasteiger partial charge in [0.25, 0.3) is 11.8 Å². The minimum Gasteiger partial charge on any atom is -0.497 e. The second-order valence-corrected chi connectivity index (χ2v) is 12.6. The molecule has 0 bridgehead atoms. The first-order chi connectivity index (χ1) is 18.3. The van der Waals surface area contributed by atoms with Crippen molar-refractivity contribution in [2.45, 2.75) is 39.7 Å². The van der Waals surface area contributed by atoms with Gasteiger partial charge in [-0.3, -0.25) is 14.0 Å². The van der Waals surface area contributed by atoms with E-state index in [1.165, 1.54) is 22.7 Å².